The second-order valence-electron chi connectivity index (χ2n) is 5.98. The van der Waals surface area contributed by atoms with E-state index in [1.165, 1.54) is 7.11 Å². The summed E-state index contributed by atoms with van der Waals surface area (Å²) in [6, 6.07) is 14.7. The summed E-state index contributed by atoms with van der Waals surface area (Å²) >= 11 is 0. The number of amides is 1. The summed E-state index contributed by atoms with van der Waals surface area (Å²) in [7, 11) is 1.36. The van der Waals surface area contributed by atoms with Crippen LogP contribution in [-0.4, -0.2) is 25.6 Å². The molecule has 0 radical (unpaired) electrons. The first-order chi connectivity index (χ1) is 12.0. The average molecular weight is 341 g/mol. The molecule has 0 aromatic heterocycles. The van der Waals surface area contributed by atoms with Gasteiger partial charge in [0.25, 0.3) is 5.91 Å². The van der Waals surface area contributed by atoms with Gasteiger partial charge in [0, 0.05) is 5.69 Å². The molecular weight excluding hydrogens is 318 g/mol. The Kier molecular flexibility index (Phi) is 6.57. The van der Waals surface area contributed by atoms with E-state index in [0.717, 1.165) is 16.8 Å². The maximum Gasteiger partial charge on any atom is 0.309 e. The van der Waals surface area contributed by atoms with Gasteiger partial charge < -0.3 is 14.8 Å². The van der Waals surface area contributed by atoms with Crippen molar-refractivity contribution in [2.24, 2.45) is 0 Å². The van der Waals surface area contributed by atoms with Gasteiger partial charge in [-0.15, -0.1) is 0 Å². The SMILES string of the molecule is COC(=O)Cc1ccc(OCC(=O)Nc2ccccc2C(C)C)cc1. The molecule has 25 heavy (non-hydrogen) atoms. The summed E-state index contributed by atoms with van der Waals surface area (Å²) < 4.78 is 10.1. The fourth-order valence-electron chi connectivity index (χ4n) is 2.39. The Balaban J connectivity index is 1.89. The van der Waals surface area contributed by atoms with Crippen LogP contribution in [0.5, 0.6) is 5.75 Å². The molecule has 0 aliphatic heterocycles. The van der Waals surface area contributed by atoms with Crippen LogP contribution in [0.4, 0.5) is 5.69 Å². The number of hydrogen-bond acceptors (Lipinski definition) is 4. The summed E-state index contributed by atoms with van der Waals surface area (Å²) in [6.07, 6.45) is 0.212. The number of methoxy groups -OCH3 is 1. The van der Waals surface area contributed by atoms with E-state index in [9.17, 15) is 9.59 Å². The number of esters is 1. The monoisotopic (exact) mass is 341 g/mol. The molecule has 132 valence electrons. The minimum absolute atomic E-state index is 0.0806. The van der Waals surface area contributed by atoms with E-state index < -0.39 is 0 Å². The van der Waals surface area contributed by atoms with Gasteiger partial charge in [-0.25, -0.2) is 0 Å². The maximum absolute atomic E-state index is 12.1. The fraction of sp³-hybridized carbons (Fsp3) is 0.300. The predicted octanol–water partition coefficient (Wildman–Crippen LogP) is 3.54. The first kappa shape index (κ1) is 18.5. The Morgan fingerprint density at radius 3 is 2.36 bits per heavy atom. The summed E-state index contributed by atoms with van der Waals surface area (Å²) in [4.78, 5) is 23.3. The normalized spacial score (nSPS) is 10.4. The first-order valence-electron chi connectivity index (χ1n) is 8.17. The van der Waals surface area contributed by atoms with Crippen LogP contribution >= 0.6 is 0 Å². The Morgan fingerprint density at radius 1 is 1.04 bits per heavy atom. The van der Waals surface area contributed by atoms with Crippen LogP contribution in [0.15, 0.2) is 48.5 Å². The molecule has 0 unspecified atom stereocenters. The number of carbonyl (C=O) groups is 2. The minimum Gasteiger partial charge on any atom is -0.484 e. The lowest BCUT2D eigenvalue weighted by Crippen LogP contribution is -2.21. The van der Waals surface area contributed by atoms with Gasteiger partial charge in [0.1, 0.15) is 5.75 Å². The molecule has 5 nitrogen and oxygen atoms in total. The molecule has 0 saturated carbocycles. The lowest BCUT2D eigenvalue weighted by molar-refractivity contribution is -0.139. The third-order valence-electron chi connectivity index (χ3n) is 3.73. The summed E-state index contributed by atoms with van der Waals surface area (Å²) in [5.74, 6) is 0.379. The molecule has 1 amide bonds. The van der Waals surface area contributed by atoms with Crippen molar-refractivity contribution < 1.29 is 19.1 Å². The van der Waals surface area contributed by atoms with Crippen LogP contribution in [-0.2, 0) is 20.7 Å². The first-order valence-corrected chi connectivity index (χ1v) is 8.17. The van der Waals surface area contributed by atoms with Crippen molar-refractivity contribution in [3.05, 3.63) is 59.7 Å². The van der Waals surface area contributed by atoms with Crippen LogP contribution in [0, 0.1) is 0 Å². The second-order valence-corrected chi connectivity index (χ2v) is 5.98. The molecule has 0 spiro atoms. The fourth-order valence-corrected chi connectivity index (χ4v) is 2.39. The van der Waals surface area contributed by atoms with Gasteiger partial charge in [0.2, 0.25) is 0 Å². The summed E-state index contributed by atoms with van der Waals surface area (Å²) in [5, 5.41) is 2.88. The van der Waals surface area contributed by atoms with Crippen molar-refractivity contribution in [2.45, 2.75) is 26.2 Å². The third-order valence-corrected chi connectivity index (χ3v) is 3.73. The zero-order valence-corrected chi connectivity index (χ0v) is 14.7. The number of para-hydroxylation sites is 1. The molecule has 2 aromatic rings. The number of rotatable bonds is 7. The van der Waals surface area contributed by atoms with E-state index in [1.807, 2.05) is 24.3 Å². The topological polar surface area (TPSA) is 64.6 Å². The maximum atomic E-state index is 12.1. The second kappa shape index (κ2) is 8.87. The quantitative estimate of drug-likeness (QED) is 0.782. The van der Waals surface area contributed by atoms with E-state index >= 15 is 0 Å². The van der Waals surface area contributed by atoms with Crippen LogP contribution in [0.25, 0.3) is 0 Å². The van der Waals surface area contributed by atoms with E-state index in [0.29, 0.717) is 11.7 Å². The molecule has 0 fully saturated rings. The van der Waals surface area contributed by atoms with Gasteiger partial charge >= 0.3 is 5.97 Å². The molecular formula is C20H23NO4. The molecule has 2 rings (SSSR count). The number of anilines is 1. The van der Waals surface area contributed by atoms with E-state index in [2.05, 4.69) is 23.9 Å². The largest absolute Gasteiger partial charge is 0.484 e. The Bertz CT molecular complexity index is 723. The molecule has 1 N–H and O–H groups in total. The van der Waals surface area contributed by atoms with Crippen LogP contribution in [0.2, 0.25) is 0 Å². The molecule has 0 atom stereocenters. The molecule has 0 aliphatic rings. The van der Waals surface area contributed by atoms with Crippen molar-refractivity contribution >= 4 is 17.6 Å². The third kappa shape index (κ3) is 5.64. The van der Waals surface area contributed by atoms with Crippen LogP contribution in [0.3, 0.4) is 0 Å². The Hall–Kier alpha value is -2.82. The lowest BCUT2D eigenvalue weighted by atomic mass is 10.0. The Morgan fingerprint density at radius 2 is 1.72 bits per heavy atom. The molecule has 0 saturated heterocycles. The van der Waals surface area contributed by atoms with Crippen molar-refractivity contribution in [1.29, 1.82) is 0 Å². The standard InChI is InChI=1S/C20H23NO4/c1-14(2)17-6-4-5-7-18(17)21-19(22)13-25-16-10-8-15(9-11-16)12-20(23)24-3/h4-11,14H,12-13H2,1-3H3,(H,21,22). The number of nitrogens with one attached hydrogen (secondary N) is 1. The van der Waals surface area contributed by atoms with Gasteiger partial charge in [-0.3, -0.25) is 9.59 Å². The molecule has 5 heteroatoms. The lowest BCUT2D eigenvalue weighted by Gasteiger charge is -2.14. The van der Waals surface area contributed by atoms with Crippen molar-refractivity contribution in [3.63, 3.8) is 0 Å². The number of carbonyl (C=O) groups excluding carboxylic acids is 2. The molecule has 0 bridgehead atoms. The Labute approximate surface area is 148 Å². The predicted molar refractivity (Wildman–Crippen MR) is 96.8 cm³/mol. The van der Waals surface area contributed by atoms with E-state index in [4.69, 9.17) is 4.74 Å². The van der Waals surface area contributed by atoms with E-state index in [1.54, 1.807) is 24.3 Å². The molecule has 0 heterocycles. The van der Waals surface area contributed by atoms with Gasteiger partial charge in [0.15, 0.2) is 6.61 Å². The highest BCUT2D eigenvalue weighted by Gasteiger charge is 2.10. The van der Waals surface area contributed by atoms with Crippen molar-refractivity contribution in [3.8, 4) is 5.75 Å². The molecule has 0 aliphatic carbocycles. The minimum atomic E-state index is -0.295. The van der Waals surface area contributed by atoms with E-state index in [-0.39, 0.29) is 24.9 Å². The summed E-state index contributed by atoms with van der Waals surface area (Å²) in [5.41, 5.74) is 2.72. The highest BCUT2D eigenvalue weighted by atomic mass is 16.5. The van der Waals surface area contributed by atoms with Gasteiger partial charge in [-0.2, -0.15) is 0 Å². The van der Waals surface area contributed by atoms with Gasteiger partial charge in [0.05, 0.1) is 13.5 Å². The zero-order valence-electron chi connectivity index (χ0n) is 14.7. The number of ether oxygens (including phenoxy) is 2. The summed E-state index contributed by atoms with van der Waals surface area (Å²) in [6.45, 7) is 4.08. The van der Waals surface area contributed by atoms with Crippen molar-refractivity contribution in [2.75, 3.05) is 19.0 Å². The van der Waals surface area contributed by atoms with Gasteiger partial charge in [-0.05, 0) is 35.2 Å². The smallest absolute Gasteiger partial charge is 0.309 e. The number of benzene rings is 2. The van der Waals surface area contributed by atoms with Crippen LogP contribution in [0.1, 0.15) is 30.9 Å². The highest BCUT2D eigenvalue weighted by molar-refractivity contribution is 5.92. The zero-order chi connectivity index (χ0) is 18.2. The van der Waals surface area contributed by atoms with Crippen molar-refractivity contribution in [1.82, 2.24) is 0 Å². The van der Waals surface area contributed by atoms with Gasteiger partial charge in [-0.1, -0.05) is 44.2 Å². The average Bonchev–Trinajstić information content (AvgIpc) is 2.61. The number of hydrogen-bond donors (Lipinski definition) is 1. The molecule has 2 aromatic carbocycles. The van der Waals surface area contributed by atoms with Crippen LogP contribution < -0.4 is 10.1 Å². The highest BCUT2D eigenvalue weighted by Crippen LogP contribution is 2.23.